The van der Waals surface area contributed by atoms with Crippen LogP contribution in [-0.2, 0) is 24.1 Å². The van der Waals surface area contributed by atoms with Crippen LogP contribution in [0, 0.1) is 11.3 Å². The van der Waals surface area contributed by atoms with Gasteiger partial charge in [0.2, 0.25) is 5.91 Å². The molecule has 2 heterocycles. The molecule has 1 aliphatic heterocycles. The summed E-state index contributed by atoms with van der Waals surface area (Å²) in [6.45, 7) is 2.07. The van der Waals surface area contributed by atoms with Gasteiger partial charge in [0.1, 0.15) is 5.75 Å². The number of H-pyrrole nitrogens is 1. The van der Waals surface area contributed by atoms with Gasteiger partial charge in [-0.15, -0.1) is 0 Å². The first-order valence-corrected chi connectivity index (χ1v) is 11.4. The maximum Gasteiger partial charge on any atom is 0.274 e. The van der Waals surface area contributed by atoms with E-state index < -0.39 is 0 Å². The van der Waals surface area contributed by atoms with Gasteiger partial charge in [0.25, 0.3) is 5.91 Å². The van der Waals surface area contributed by atoms with Gasteiger partial charge in [-0.1, -0.05) is 12.1 Å². The maximum absolute atomic E-state index is 12.9. The molecule has 1 aromatic heterocycles. The molecule has 1 saturated carbocycles. The van der Waals surface area contributed by atoms with Crippen molar-refractivity contribution in [3.05, 3.63) is 46.8 Å². The first-order chi connectivity index (χ1) is 15.1. The number of nitrogens with zero attached hydrogens (tertiary/aromatic N) is 2. The number of hydrogen-bond donors (Lipinski definition) is 2. The van der Waals surface area contributed by atoms with Crippen LogP contribution in [0.1, 0.15) is 53.0 Å². The number of fused-ring (bicyclic) bond motifs is 1. The van der Waals surface area contributed by atoms with Gasteiger partial charge in [-0.2, -0.15) is 5.10 Å². The first-order valence-electron chi connectivity index (χ1n) is 11.4. The highest BCUT2D eigenvalue weighted by molar-refractivity contribution is 5.94. The van der Waals surface area contributed by atoms with Crippen molar-refractivity contribution in [2.45, 2.75) is 44.9 Å². The zero-order valence-corrected chi connectivity index (χ0v) is 18.1. The standard InChI is InChI=1S/C24H30N4O3/c1-31-17-5-2-4-16(14-17)8-11-25-22(29)19-15-24(19)9-12-28(13-10-24)23(30)21-18-6-3-7-20(18)26-27-21/h2,4-5,14,19H,3,6-13,15H2,1H3,(H,25,29)(H,26,27)/t19-/m0/s1. The number of nitrogens with one attached hydrogen (secondary N) is 2. The Morgan fingerprint density at radius 1 is 1.29 bits per heavy atom. The average Bonchev–Trinajstić information content (AvgIpc) is 3.11. The van der Waals surface area contributed by atoms with E-state index in [2.05, 4.69) is 21.6 Å². The minimum atomic E-state index is 0.0502. The van der Waals surface area contributed by atoms with Crippen LogP contribution in [0.3, 0.4) is 0 Å². The van der Waals surface area contributed by atoms with Crippen LogP contribution < -0.4 is 10.1 Å². The van der Waals surface area contributed by atoms with E-state index in [1.807, 2.05) is 23.1 Å². The number of methoxy groups -OCH3 is 1. The number of aryl methyl sites for hydroxylation is 1. The van der Waals surface area contributed by atoms with Crippen LogP contribution in [0.4, 0.5) is 0 Å². The fourth-order valence-electron chi connectivity index (χ4n) is 5.35. The topological polar surface area (TPSA) is 87.3 Å². The summed E-state index contributed by atoms with van der Waals surface area (Å²) in [7, 11) is 1.66. The molecule has 31 heavy (non-hydrogen) atoms. The summed E-state index contributed by atoms with van der Waals surface area (Å²) in [5, 5.41) is 10.4. The van der Waals surface area contributed by atoms with E-state index in [0.29, 0.717) is 25.3 Å². The molecule has 1 spiro atoms. The number of aromatic amines is 1. The fourth-order valence-corrected chi connectivity index (χ4v) is 5.35. The van der Waals surface area contributed by atoms with Crippen LogP contribution in [0.2, 0.25) is 0 Å². The van der Waals surface area contributed by atoms with Crippen LogP contribution in [0.15, 0.2) is 24.3 Å². The van der Waals surface area contributed by atoms with Gasteiger partial charge < -0.3 is 15.0 Å². The molecular weight excluding hydrogens is 392 g/mol. The second-order valence-corrected chi connectivity index (χ2v) is 9.19. The molecule has 2 amide bonds. The predicted octanol–water partition coefficient (Wildman–Crippen LogP) is 2.51. The lowest BCUT2D eigenvalue weighted by molar-refractivity contribution is -0.123. The number of carbonyl (C=O) groups is 2. The number of ether oxygens (including phenoxy) is 1. The lowest BCUT2D eigenvalue weighted by atomic mass is 9.90. The third-order valence-corrected chi connectivity index (χ3v) is 7.41. The molecule has 1 aromatic carbocycles. The molecule has 2 aromatic rings. The second-order valence-electron chi connectivity index (χ2n) is 9.19. The number of carbonyl (C=O) groups excluding carboxylic acids is 2. The third kappa shape index (κ3) is 3.82. The van der Waals surface area contributed by atoms with E-state index in [-0.39, 0.29) is 23.1 Å². The third-order valence-electron chi connectivity index (χ3n) is 7.41. The Hall–Kier alpha value is -2.83. The molecule has 2 N–H and O–H groups in total. The summed E-state index contributed by atoms with van der Waals surface area (Å²) in [5.74, 6) is 1.14. The Bertz CT molecular complexity index is 990. The van der Waals surface area contributed by atoms with Crippen LogP contribution in [0.25, 0.3) is 0 Å². The molecule has 7 heteroatoms. The number of aromatic nitrogens is 2. The number of hydrogen-bond acceptors (Lipinski definition) is 4. The van der Waals surface area contributed by atoms with Crippen molar-refractivity contribution in [1.82, 2.24) is 20.4 Å². The molecule has 1 saturated heterocycles. The van der Waals surface area contributed by atoms with E-state index in [0.717, 1.165) is 67.5 Å². The molecule has 0 radical (unpaired) electrons. The summed E-state index contributed by atoms with van der Waals surface area (Å²) in [5.41, 5.74) is 4.10. The van der Waals surface area contributed by atoms with Gasteiger partial charge in [0.05, 0.1) is 7.11 Å². The molecule has 1 atom stereocenters. The number of rotatable bonds is 6. The first kappa shape index (κ1) is 20.1. The fraction of sp³-hybridized carbons (Fsp3) is 0.542. The van der Waals surface area contributed by atoms with Gasteiger partial charge in [-0.3, -0.25) is 14.7 Å². The Morgan fingerprint density at radius 3 is 2.94 bits per heavy atom. The van der Waals surface area contributed by atoms with Crippen molar-refractivity contribution in [3.63, 3.8) is 0 Å². The van der Waals surface area contributed by atoms with Crippen molar-refractivity contribution in [1.29, 1.82) is 0 Å². The molecule has 3 aliphatic rings. The minimum Gasteiger partial charge on any atom is -0.497 e. The molecule has 5 rings (SSSR count). The summed E-state index contributed by atoms with van der Waals surface area (Å²) in [6.07, 6.45) is 6.58. The van der Waals surface area contributed by atoms with Gasteiger partial charge in [-0.05, 0) is 68.1 Å². The Balaban J connectivity index is 1.10. The monoisotopic (exact) mass is 422 g/mol. The summed E-state index contributed by atoms with van der Waals surface area (Å²) >= 11 is 0. The van der Waals surface area contributed by atoms with Crippen molar-refractivity contribution in [2.24, 2.45) is 11.3 Å². The number of benzene rings is 1. The Kier molecular flexibility index (Phi) is 5.20. The van der Waals surface area contributed by atoms with Gasteiger partial charge in [0.15, 0.2) is 5.69 Å². The molecule has 2 fully saturated rings. The molecule has 164 valence electrons. The van der Waals surface area contributed by atoms with Crippen molar-refractivity contribution >= 4 is 11.8 Å². The Morgan fingerprint density at radius 2 is 2.13 bits per heavy atom. The summed E-state index contributed by atoms with van der Waals surface area (Å²) < 4.78 is 5.26. The normalized spacial score (nSPS) is 21.1. The largest absolute Gasteiger partial charge is 0.497 e. The lowest BCUT2D eigenvalue weighted by Crippen LogP contribution is -2.41. The van der Waals surface area contributed by atoms with Crippen LogP contribution in [-0.4, -0.2) is 53.7 Å². The molecule has 7 nitrogen and oxygen atoms in total. The Labute approximate surface area is 182 Å². The minimum absolute atomic E-state index is 0.0502. The summed E-state index contributed by atoms with van der Waals surface area (Å²) in [4.78, 5) is 27.6. The highest BCUT2D eigenvalue weighted by Crippen LogP contribution is 2.59. The molecular formula is C24H30N4O3. The van der Waals surface area contributed by atoms with Gasteiger partial charge in [0, 0.05) is 36.8 Å². The van der Waals surface area contributed by atoms with Crippen LogP contribution in [0.5, 0.6) is 5.75 Å². The second kappa shape index (κ2) is 8.02. The average molecular weight is 423 g/mol. The van der Waals surface area contributed by atoms with E-state index in [4.69, 9.17) is 4.74 Å². The van der Waals surface area contributed by atoms with Gasteiger partial charge >= 0.3 is 0 Å². The lowest BCUT2D eigenvalue weighted by Gasteiger charge is -2.32. The summed E-state index contributed by atoms with van der Waals surface area (Å²) in [6, 6.07) is 7.95. The number of amides is 2. The SMILES string of the molecule is COc1cccc(CCNC(=O)[C@@H]2CC23CCN(C(=O)c2n[nH]c4c2CCC4)CC3)c1. The maximum atomic E-state index is 12.9. The number of likely N-dealkylation sites (tertiary alicyclic amines) is 1. The van der Waals surface area contributed by atoms with E-state index in [1.54, 1.807) is 7.11 Å². The molecule has 0 bridgehead atoms. The highest BCUT2D eigenvalue weighted by Gasteiger charge is 2.58. The van der Waals surface area contributed by atoms with Crippen molar-refractivity contribution in [2.75, 3.05) is 26.7 Å². The molecule has 0 unspecified atom stereocenters. The zero-order valence-electron chi connectivity index (χ0n) is 18.1. The van der Waals surface area contributed by atoms with Crippen molar-refractivity contribution < 1.29 is 14.3 Å². The van der Waals surface area contributed by atoms with Crippen molar-refractivity contribution in [3.8, 4) is 5.75 Å². The van der Waals surface area contributed by atoms with E-state index in [1.165, 1.54) is 0 Å². The smallest absolute Gasteiger partial charge is 0.274 e. The van der Waals surface area contributed by atoms with E-state index >= 15 is 0 Å². The predicted molar refractivity (Wildman–Crippen MR) is 116 cm³/mol. The number of piperidine rings is 1. The van der Waals surface area contributed by atoms with Gasteiger partial charge in [-0.25, -0.2) is 0 Å². The highest BCUT2D eigenvalue weighted by atomic mass is 16.5. The zero-order chi connectivity index (χ0) is 21.4. The van der Waals surface area contributed by atoms with Crippen LogP contribution >= 0.6 is 0 Å². The van der Waals surface area contributed by atoms with E-state index in [9.17, 15) is 9.59 Å². The quantitative estimate of drug-likeness (QED) is 0.749. The molecule has 2 aliphatic carbocycles.